The third kappa shape index (κ3) is 5.98. The zero-order valence-corrected chi connectivity index (χ0v) is 19.6. The van der Waals surface area contributed by atoms with Crippen molar-refractivity contribution in [1.29, 1.82) is 0 Å². The molecule has 0 N–H and O–H groups in total. The van der Waals surface area contributed by atoms with E-state index in [9.17, 15) is 27.9 Å². The molecule has 0 saturated carbocycles. The molecule has 1 heterocycles. The highest BCUT2D eigenvalue weighted by Crippen LogP contribution is 2.26. The van der Waals surface area contributed by atoms with Crippen LogP contribution in [0, 0.1) is 5.92 Å². The maximum Gasteiger partial charge on any atom is 0.327 e. The summed E-state index contributed by atoms with van der Waals surface area (Å²) in [5.74, 6) is -3.16. The van der Waals surface area contributed by atoms with Gasteiger partial charge in [-0.3, -0.25) is 9.69 Å². The minimum Gasteiger partial charge on any atom is -0.550 e. The molecule has 1 aliphatic heterocycles. The van der Waals surface area contributed by atoms with Crippen molar-refractivity contribution < 1.29 is 32.6 Å². The standard InChI is InChI=1S/C21H31N3O7S/c1-21(2)19(27)24(20(28)23(21)4)12-8-9-16(18(25)26)15-32(29,30)22(3)13-14-31-17-10-6-5-7-11-17/h5-7,10-11,16H,8-9,12-15H2,1-4H3,(H,25,26)/p-1. The molecule has 1 unspecified atom stereocenters. The van der Waals surface area contributed by atoms with E-state index in [0.29, 0.717) is 5.75 Å². The number of likely N-dealkylation sites (N-methyl/N-ethyl adjacent to an activating group) is 2. The Morgan fingerprint density at radius 3 is 2.38 bits per heavy atom. The highest BCUT2D eigenvalue weighted by molar-refractivity contribution is 7.89. The van der Waals surface area contributed by atoms with Gasteiger partial charge >= 0.3 is 6.03 Å². The second kappa shape index (κ2) is 10.3. The van der Waals surface area contributed by atoms with Crippen molar-refractivity contribution >= 4 is 27.9 Å². The first kappa shape index (κ1) is 25.6. The SMILES string of the molecule is CN1C(=O)N(CCCC(CS(=O)(=O)N(C)CCOc2ccccc2)C(=O)[O-])C(=O)C1(C)C. The predicted molar refractivity (Wildman–Crippen MR) is 115 cm³/mol. The summed E-state index contributed by atoms with van der Waals surface area (Å²) in [6, 6.07) is 8.45. The Morgan fingerprint density at radius 1 is 1.22 bits per heavy atom. The van der Waals surface area contributed by atoms with Crippen LogP contribution in [0.1, 0.15) is 26.7 Å². The number of imide groups is 1. The van der Waals surface area contributed by atoms with Gasteiger partial charge in [-0.2, -0.15) is 0 Å². The third-order valence-corrected chi connectivity index (χ3v) is 7.65. The van der Waals surface area contributed by atoms with Gasteiger partial charge in [0.1, 0.15) is 17.9 Å². The topological polar surface area (TPSA) is 127 Å². The number of urea groups is 1. The van der Waals surface area contributed by atoms with Crippen LogP contribution in [-0.2, 0) is 19.6 Å². The number of hydrogen-bond acceptors (Lipinski definition) is 7. The van der Waals surface area contributed by atoms with Crippen LogP contribution < -0.4 is 9.84 Å². The summed E-state index contributed by atoms with van der Waals surface area (Å²) in [6.07, 6.45) is 0.105. The number of nitrogens with zero attached hydrogens (tertiary/aromatic N) is 3. The number of carbonyl (C=O) groups is 3. The molecule has 0 spiro atoms. The number of benzene rings is 1. The van der Waals surface area contributed by atoms with Gasteiger partial charge in [-0.25, -0.2) is 17.5 Å². The van der Waals surface area contributed by atoms with Crippen LogP contribution in [0.25, 0.3) is 0 Å². The van der Waals surface area contributed by atoms with Gasteiger partial charge in [-0.15, -0.1) is 0 Å². The predicted octanol–water partition coefficient (Wildman–Crippen LogP) is 0.146. The van der Waals surface area contributed by atoms with Crippen LogP contribution in [-0.4, -0.2) is 85.5 Å². The van der Waals surface area contributed by atoms with Crippen molar-refractivity contribution in [3.8, 4) is 5.75 Å². The summed E-state index contributed by atoms with van der Waals surface area (Å²) < 4.78 is 31.7. The number of rotatable bonds is 12. The molecular formula is C21H30N3O7S-. The molecule has 11 heteroatoms. The average Bonchev–Trinajstić information content (AvgIpc) is 2.88. The van der Waals surface area contributed by atoms with Crippen LogP contribution in [0.2, 0.25) is 0 Å². The Balaban J connectivity index is 1.88. The van der Waals surface area contributed by atoms with Gasteiger partial charge < -0.3 is 19.5 Å². The maximum atomic E-state index is 12.6. The molecule has 2 rings (SSSR count). The Morgan fingerprint density at radius 2 is 1.84 bits per heavy atom. The second-order valence-corrected chi connectivity index (χ2v) is 10.4. The summed E-state index contributed by atoms with van der Waals surface area (Å²) >= 11 is 0. The molecule has 0 aliphatic carbocycles. The molecule has 3 amide bonds. The number of ether oxygens (including phenoxy) is 1. The van der Waals surface area contributed by atoms with E-state index in [4.69, 9.17) is 4.74 Å². The Hall–Kier alpha value is -2.66. The Bertz CT molecular complexity index is 934. The molecule has 1 fully saturated rings. The fraction of sp³-hybridized carbons (Fsp3) is 0.571. The smallest absolute Gasteiger partial charge is 0.327 e. The van der Waals surface area contributed by atoms with Crippen LogP contribution in [0.5, 0.6) is 5.75 Å². The monoisotopic (exact) mass is 468 g/mol. The number of carboxylic acid groups (broad SMARTS) is 1. The first-order valence-corrected chi connectivity index (χ1v) is 11.9. The molecule has 10 nitrogen and oxygen atoms in total. The minimum atomic E-state index is -3.88. The molecule has 0 radical (unpaired) electrons. The molecular weight excluding hydrogens is 438 g/mol. The van der Waals surface area contributed by atoms with Crippen LogP contribution in [0.4, 0.5) is 4.79 Å². The highest BCUT2D eigenvalue weighted by atomic mass is 32.2. The summed E-state index contributed by atoms with van der Waals surface area (Å²) in [7, 11) is -1.00. The van der Waals surface area contributed by atoms with Crippen molar-refractivity contribution in [2.24, 2.45) is 5.92 Å². The zero-order valence-electron chi connectivity index (χ0n) is 18.8. The Kier molecular flexibility index (Phi) is 8.24. The zero-order chi connectivity index (χ0) is 24.1. The van der Waals surface area contributed by atoms with E-state index in [1.165, 1.54) is 19.0 Å². The maximum absolute atomic E-state index is 12.6. The molecule has 1 aromatic carbocycles. The van der Waals surface area contributed by atoms with Crippen molar-refractivity contribution in [1.82, 2.24) is 14.1 Å². The molecule has 1 atom stereocenters. The molecule has 1 aromatic rings. The largest absolute Gasteiger partial charge is 0.550 e. The van der Waals surface area contributed by atoms with Crippen LogP contribution >= 0.6 is 0 Å². The van der Waals surface area contributed by atoms with Gasteiger partial charge in [-0.05, 0) is 38.8 Å². The van der Waals surface area contributed by atoms with Gasteiger partial charge in [0.25, 0.3) is 5.91 Å². The van der Waals surface area contributed by atoms with E-state index in [2.05, 4.69) is 0 Å². The number of aliphatic carboxylic acids is 1. The number of amides is 3. The van der Waals surface area contributed by atoms with Gasteiger partial charge in [0.2, 0.25) is 10.0 Å². The van der Waals surface area contributed by atoms with Gasteiger partial charge in [0.05, 0.1) is 5.75 Å². The van der Waals surface area contributed by atoms with Gasteiger partial charge in [0.15, 0.2) is 0 Å². The van der Waals surface area contributed by atoms with Crippen LogP contribution in [0.15, 0.2) is 30.3 Å². The first-order valence-electron chi connectivity index (χ1n) is 10.3. The quantitative estimate of drug-likeness (QED) is 0.399. The average molecular weight is 469 g/mol. The number of para-hydroxylation sites is 1. The van der Waals surface area contributed by atoms with Crippen LogP contribution in [0.3, 0.4) is 0 Å². The van der Waals surface area contributed by atoms with E-state index in [0.717, 1.165) is 9.21 Å². The van der Waals surface area contributed by atoms with E-state index < -0.39 is 39.2 Å². The third-order valence-electron chi connectivity index (χ3n) is 5.70. The Labute approximate surface area is 188 Å². The summed E-state index contributed by atoms with van der Waals surface area (Å²) in [5.41, 5.74) is -0.974. The van der Waals surface area contributed by atoms with E-state index >= 15 is 0 Å². The van der Waals surface area contributed by atoms with Crippen molar-refractivity contribution in [3.63, 3.8) is 0 Å². The van der Waals surface area contributed by atoms with E-state index in [-0.39, 0.29) is 38.4 Å². The first-order chi connectivity index (χ1) is 14.9. The number of sulfonamides is 1. The lowest BCUT2D eigenvalue weighted by Crippen LogP contribution is -2.42. The molecule has 0 bridgehead atoms. The van der Waals surface area contributed by atoms with E-state index in [1.807, 2.05) is 6.07 Å². The van der Waals surface area contributed by atoms with Crippen molar-refractivity contribution in [2.45, 2.75) is 32.2 Å². The normalized spacial score (nSPS) is 17.2. The molecule has 1 saturated heterocycles. The second-order valence-electron chi connectivity index (χ2n) is 8.28. The molecule has 178 valence electrons. The molecule has 0 aromatic heterocycles. The fourth-order valence-corrected chi connectivity index (χ4v) is 4.69. The van der Waals surface area contributed by atoms with Gasteiger partial charge in [0, 0.05) is 39.1 Å². The van der Waals surface area contributed by atoms with E-state index in [1.54, 1.807) is 38.1 Å². The number of carboxylic acids is 1. The number of carbonyl (C=O) groups excluding carboxylic acids is 3. The lowest BCUT2D eigenvalue weighted by molar-refractivity contribution is -0.311. The minimum absolute atomic E-state index is 0.00994. The van der Waals surface area contributed by atoms with Gasteiger partial charge in [-0.1, -0.05) is 18.2 Å². The molecule has 32 heavy (non-hydrogen) atoms. The fourth-order valence-electron chi connectivity index (χ4n) is 3.27. The van der Waals surface area contributed by atoms with Crippen molar-refractivity contribution in [3.05, 3.63) is 30.3 Å². The van der Waals surface area contributed by atoms with Crippen molar-refractivity contribution in [2.75, 3.05) is 39.5 Å². The highest BCUT2D eigenvalue weighted by Gasteiger charge is 2.48. The summed E-state index contributed by atoms with van der Waals surface area (Å²) in [5, 5.41) is 11.5. The molecule has 1 aliphatic rings. The summed E-state index contributed by atoms with van der Waals surface area (Å²) in [6.45, 7) is 3.42. The lowest BCUT2D eigenvalue weighted by Gasteiger charge is -2.23. The lowest BCUT2D eigenvalue weighted by atomic mass is 10.0. The summed E-state index contributed by atoms with van der Waals surface area (Å²) in [4.78, 5) is 38.6. The number of hydrogen-bond donors (Lipinski definition) is 0.